The van der Waals surface area contributed by atoms with Gasteiger partial charge in [0.25, 0.3) is 0 Å². The second kappa shape index (κ2) is 9.76. The number of rotatable bonds is 4. The molecule has 2 fully saturated rings. The van der Waals surface area contributed by atoms with E-state index in [1.165, 1.54) is 12.8 Å². The molecular weight excluding hydrogens is 361 g/mol. The van der Waals surface area contributed by atoms with Crippen LogP contribution < -0.4 is 10.6 Å². The van der Waals surface area contributed by atoms with E-state index in [1.54, 1.807) is 6.20 Å². The predicted molar refractivity (Wildman–Crippen MR) is 105 cm³/mol. The standard InChI is InChI=1S/C17H29N5O.2ClH/c1-21(2)15-6-3-5-14(13-15)20-16(23)17(7-10-18-11-8-17)22-12-4-9-19-22;;/h4,9,12,14-15,18H,3,5-8,10-11,13H2,1-2H3,(H,20,23);2*1H. The van der Waals surface area contributed by atoms with E-state index in [0.29, 0.717) is 6.04 Å². The molecule has 2 heterocycles. The molecule has 2 unspecified atom stereocenters. The molecule has 1 aromatic rings. The first-order valence-corrected chi connectivity index (χ1v) is 8.80. The van der Waals surface area contributed by atoms with E-state index in [-0.39, 0.29) is 36.8 Å². The number of amides is 1. The number of carbonyl (C=O) groups is 1. The third-order valence-corrected chi connectivity index (χ3v) is 5.51. The summed E-state index contributed by atoms with van der Waals surface area (Å²) in [4.78, 5) is 15.4. The summed E-state index contributed by atoms with van der Waals surface area (Å²) in [5, 5.41) is 11.1. The second-order valence-electron chi connectivity index (χ2n) is 7.19. The van der Waals surface area contributed by atoms with Crippen molar-refractivity contribution < 1.29 is 4.79 Å². The molecule has 0 bridgehead atoms. The summed E-state index contributed by atoms with van der Waals surface area (Å²) in [5.74, 6) is 0.145. The first-order chi connectivity index (χ1) is 11.1. The number of nitrogens with zero attached hydrogens (tertiary/aromatic N) is 3. The first-order valence-electron chi connectivity index (χ1n) is 8.80. The molecule has 0 aromatic carbocycles. The fraction of sp³-hybridized carbons (Fsp3) is 0.765. The topological polar surface area (TPSA) is 62.2 Å². The molecule has 1 aliphatic heterocycles. The predicted octanol–water partition coefficient (Wildman–Crippen LogP) is 1.79. The van der Waals surface area contributed by atoms with Gasteiger partial charge in [0, 0.05) is 24.5 Å². The molecular formula is C17H31Cl2N5O. The number of nitrogens with one attached hydrogen (secondary N) is 2. The van der Waals surface area contributed by atoms with Crippen molar-refractivity contribution >= 4 is 30.7 Å². The maximum Gasteiger partial charge on any atom is 0.248 e. The van der Waals surface area contributed by atoms with Crippen molar-refractivity contribution in [1.29, 1.82) is 0 Å². The monoisotopic (exact) mass is 391 g/mol. The number of halogens is 2. The highest BCUT2D eigenvalue weighted by Gasteiger charge is 2.43. The van der Waals surface area contributed by atoms with Crippen LogP contribution in [0.1, 0.15) is 38.5 Å². The maximum absolute atomic E-state index is 13.1. The Morgan fingerprint density at radius 2 is 2.00 bits per heavy atom. The van der Waals surface area contributed by atoms with E-state index in [0.717, 1.165) is 38.8 Å². The smallest absolute Gasteiger partial charge is 0.248 e. The number of hydrogen-bond acceptors (Lipinski definition) is 4. The molecule has 1 saturated heterocycles. The Bertz CT molecular complexity index is 517. The number of piperidine rings is 1. The zero-order valence-electron chi connectivity index (χ0n) is 15.1. The summed E-state index contributed by atoms with van der Waals surface area (Å²) in [6, 6.07) is 2.76. The summed E-state index contributed by atoms with van der Waals surface area (Å²) in [6.07, 6.45) is 9.83. The van der Waals surface area contributed by atoms with Crippen LogP contribution in [0.2, 0.25) is 0 Å². The van der Waals surface area contributed by atoms with Crippen LogP contribution in [0.15, 0.2) is 18.5 Å². The van der Waals surface area contributed by atoms with E-state index in [9.17, 15) is 4.79 Å². The minimum atomic E-state index is -0.528. The molecule has 1 aromatic heterocycles. The zero-order valence-corrected chi connectivity index (χ0v) is 16.7. The minimum absolute atomic E-state index is 0. The van der Waals surface area contributed by atoms with Crippen molar-refractivity contribution in [2.45, 2.75) is 56.1 Å². The SMILES string of the molecule is CN(C)C1CCCC(NC(=O)C2(n3cccn3)CCNCC2)C1.Cl.Cl. The number of aromatic nitrogens is 2. The van der Waals surface area contributed by atoms with Crippen LogP contribution in [0.3, 0.4) is 0 Å². The van der Waals surface area contributed by atoms with Gasteiger partial charge in [-0.1, -0.05) is 0 Å². The molecule has 2 atom stereocenters. The largest absolute Gasteiger partial charge is 0.351 e. The van der Waals surface area contributed by atoms with Crippen LogP contribution in [0.4, 0.5) is 0 Å². The highest BCUT2D eigenvalue weighted by Crippen LogP contribution is 2.29. The molecule has 1 saturated carbocycles. The fourth-order valence-corrected chi connectivity index (χ4v) is 4.01. The Morgan fingerprint density at radius 3 is 2.60 bits per heavy atom. The van der Waals surface area contributed by atoms with Crippen LogP contribution in [-0.2, 0) is 10.3 Å². The van der Waals surface area contributed by atoms with Crippen molar-refractivity contribution in [1.82, 2.24) is 25.3 Å². The molecule has 1 aliphatic carbocycles. The van der Waals surface area contributed by atoms with E-state index in [4.69, 9.17) is 0 Å². The van der Waals surface area contributed by atoms with Gasteiger partial charge in [0.05, 0.1) is 0 Å². The summed E-state index contributed by atoms with van der Waals surface area (Å²) in [5.41, 5.74) is -0.528. The van der Waals surface area contributed by atoms with Gasteiger partial charge in [-0.3, -0.25) is 9.48 Å². The zero-order chi connectivity index (χ0) is 16.3. The van der Waals surface area contributed by atoms with Gasteiger partial charge in [-0.15, -0.1) is 24.8 Å². The fourth-order valence-electron chi connectivity index (χ4n) is 4.01. The molecule has 1 amide bonds. The Kier molecular flexibility index (Phi) is 8.68. The maximum atomic E-state index is 13.1. The molecule has 6 nitrogen and oxygen atoms in total. The number of carbonyl (C=O) groups excluding carboxylic acids is 1. The summed E-state index contributed by atoms with van der Waals surface area (Å²) in [6.45, 7) is 1.72. The Labute approximate surface area is 162 Å². The van der Waals surface area contributed by atoms with Gasteiger partial charge < -0.3 is 15.5 Å². The van der Waals surface area contributed by atoms with E-state index in [2.05, 4.69) is 34.7 Å². The molecule has 0 radical (unpaired) electrons. The second-order valence-corrected chi connectivity index (χ2v) is 7.19. The lowest BCUT2D eigenvalue weighted by molar-refractivity contribution is -0.133. The van der Waals surface area contributed by atoms with Crippen LogP contribution >= 0.6 is 24.8 Å². The van der Waals surface area contributed by atoms with Crippen LogP contribution in [0, 0.1) is 0 Å². The van der Waals surface area contributed by atoms with Crippen LogP contribution in [-0.4, -0.2) is 59.9 Å². The Balaban J connectivity index is 0.00000156. The molecule has 25 heavy (non-hydrogen) atoms. The normalized spacial score (nSPS) is 25.6. The third kappa shape index (κ3) is 4.88. The lowest BCUT2D eigenvalue weighted by atomic mass is 9.85. The Morgan fingerprint density at radius 1 is 1.28 bits per heavy atom. The average molecular weight is 392 g/mol. The van der Waals surface area contributed by atoms with Gasteiger partial charge in [0.15, 0.2) is 0 Å². The van der Waals surface area contributed by atoms with Crippen LogP contribution in [0.25, 0.3) is 0 Å². The Hall–Kier alpha value is -0.820. The van der Waals surface area contributed by atoms with E-state index in [1.807, 2.05) is 16.9 Å². The minimum Gasteiger partial charge on any atom is -0.351 e. The molecule has 0 spiro atoms. The molecule has 8 heteroatoms. The van der Waals surface area contributed by atoms with Gasteiger partial charge >= 0.3 is 0 Å². The summed E-state index contributed by atoms with van der Waals surface area (Å²) >= 11 is 0. The highest BCUT2D eigenvalue weighted by molar-refractivity contribution is 5.86. The lowest BCUT2D eigenvalue weighted by Crippen LogP contribution is -2.57. The third-order valence-electron chi connectivity index (χ3n) is 5.51. The van der Waals surface area contributed by atoms with Crippen LogP contribution in [0.5, 0.6) is 0 Å². The molecule has 144 valence electrons. The van der Waals surface area contributed by atoms with Crippen molar-refractivity contribution in [3.05, 3.63) is 18.5 Å². The van der Waals surface area contributed by atoms with Gasteiger partial charge in [0.1, 0.15) is 5.54 Å². The van der Waals surface area contributed by atoms with Gasteiger partial charge in [-0.2, -0.15) is 5.10 Å². The van der Waals surface area contributed by atoms with Gasteiger partial charge in [-0.05, 0) is 71.8 Å². The molecule has 3 rings (SSSR count). The summed E-state index contributed by atoms with van der Waals surface area (Å²) in [7, 11) is 4.26. The highest BCUT2D eigenvalue weighted by atomic mass is 35.5. The lowest BCUT2D eigenvalue weighted by Gasteiger charge is -2.39. The number of hydrogen-bond donors (Lipinski definition) is 2. The van der Waals surface area contributed by atoms with Crippen molar-refractivity contribution in [2.24, 2.45) is 0 Å². The summed E-state index contributed by atoms with van der Waals surface area (Å²) < 4.78 is 1.87. The van der Waals surface area contributed by atoms with Crippen molar-refractivity contribution in [2.75, 3.05) is 27.2 Å². The van der Waals surface area contributed by atoms with E-state index >= 15 is 0 Å². The molecule has 2 N–H and O–H groups in total. The van der Waals surface area contributed by atoms with Gasteiger partial charge in [-0.25, -0.2) is 0 Å². The van der Waals surface area contributed by atoms with Crippen molar-refractivity contribution in [3.63, 3.8) is 0 Å². The molecule has 2 aliphatic rings. The average Bonchev–Trinajstić information content (AvgIpc) is 3.10. The van der Waals surface area contributed by atoms with Gasteiger partial charge in [0.2, 0.25) is 5.91 Å². The quantitative estimate of drug-likeness (QED) is 0.820. The van der Waals surface area contributed by atoms with E-state index < -0.39 is 5.54 Å². The first kappa shape index (κ1) is 22.2. The van der Waals surface area contributed by atoms with Crippen molar-refractivity contribution in [3.8, 4) is 0 Å².